The number of aromatic hydroxyl groups is 1. The summed E-state index contributed by atoms with van der Waals surface area (Å²) in [5.41, 5.74) is 1.53. The second-order valence-corrected chi connectivity index (χ2v) is 13.7. The van der Waals surface area contributed by atoms with Crippen LogP contribution < -0.4 is 9.26 Å². The van der Waals surface area contributed by atoms with E-state index >= 15 is 0 Å². The van der Waals surface area contributed by atoms with Gasteiger partial charge in [0.15, 0.2) is 11.9 Å². The molecule has 0 bridgehead atoms. The minimum Gasteiger partial charge on any atom is -0.505 e. The number of amides is 2. The second-order valence-electron chi connectivity index (χ2n) is 12.2. The SMILES string of the molecule is CCOC(=O)C(C)OP(CCN1CCN(C(=O)Oc2c3c(c(O)c4ncccc24)C(=O)N(CCc2ccc(F)cc2)C3)CC1)Oc1ccccc1. The van der Waals surface area contributed by atoms with Gasteiger partial charge in [0.2, 0.25) is 8.38 Å². The molecule has 2 aliphatic rings. The van der Waals surface area contributed by atoms with Crippen molar-refractivity contribution in [3.8, 4) is 17.2 Å². The quantitative estimate of drug-likeness (QED) is 0.135. The number of nitrogens with zero attached hydrogens (tertiary/aromatic N) is 4. The van der Waals surface area contributed by atoms with Crippen LogP contribution in [0.2, 0.25) is 0 Å². The summed E-state index contributed by atoms with van der Waals surface area (Å²) in [6.45, 7) is 6.67. The maximum atomic E-state index is 13.6. The first-order valence-electron chi connectivity index (χ1n) is 16.9. The predicted molar refractivity (Wildman–Crippen MR) is 188 cm³/mol. The van der Waals surface area contributed by atoms with Crippen molar-refractivity contribution >= 4 is 37.2 Å². The number of para-hydroxylation sites is 1. The Labute approximate surface area is 296 Å². The van der Waals surface area contributed by atoms with E-state index in [0.29, 0.717) is 68.6 Å². The molecule has 3 heterocycles. The molecule has 4 aromatic rings. The van der Waals surface area contributed by atoms with E-state index in [4.69, 9.17) is 18.5 Å². The zero-order valence-corrected chi connectivity index (χ0v) is 29.4. The predicted octanol–water partition coefficient (Wildman–Crippen LogP) is 5.75. The molecule has 14 heteroatoms. The lowest BCUT2D eigenvalue weighted by Gasteiger charge is -2.34. The van der Waals surface area contributed by atoms with Gasteiger partial charge in [0.05, 0.1) is 18.7 Å². The van der Waals surface area contributed by atoms with Gasteiger partial charge in [0.25, 0.3) is 5.91 Å². The number of carbonyl (C=O) groups is 3. The molecule has 2 amide bonds. The summed E-state index contributed by atoms with van der Waals surface area (Å²) in [4.78, 5) is 49.1. The second kappa shape index (κ2) is 16.5. The number of ether oxygens (including phenoxy) is 2. The molecule has 0 radical (unpaired) electrons. The number of pyridine rings is 1. The van der Waals surface area contributed by atoms with Gasteiger partial charge < -0.3 is 33.4 Å². The minimum absolute atomic E-state index is 0.0710. The van der Waals surface area contributed by atoms with Crippen LogP contribution in [-0.4, -0.2) is 101 Å². The van der Waals surface area contributed by atoms with Crippen LogP contribution in [-0.2, 0) is 27.0 Å². The first-order valence-corrected chi connectivity index (χ1v) is 18.3. The lowest BCUT2D eigenvalue weighted by molar-refractivity contribution is -0.150. The molecule has 6 rings (SSSR count). The zero-order valence-electron chi connectivity index (χ0n) is 28.5. The number of piperazine rings is 1. The van der Waals surface area contributed by atoms with Crippen LogP contribution in [0.4, 0.5) is 9.18 Å². The Morgan fingerprint density at radius 1 is 1.00 bits per heavy atom. The molecule has 0 spiro atoms. The summed E-state index contributed by atoms with van der Waals surface area (Å²) in [6.07, 6.45) is 1.17. The van der Waals surface area contributed by atoms with Crippen molar-refractivity contribution in [2.75, 3.05) is 52.0 Å². The van der Waals surface area contributed by atoms with Gasteiger partial charge in [-0.25, -0.2) is 14.0 Å². The highest BCUT2D eigenvalue weighted by Crippen LogP contribution is 2.44. The molecular weight excluding hydrogens is 678 g/mol. The molecule has 51 heavy (non-hydrogen) atoms. The lowest BCUT2D eigenvalue weighted by atomic mass is 10.0. The van der Waals surface area contributed by atoms with E-state index in [1.807, 2.05) is 30.3 Å². The number of benzene rings is 3. The van der Waals surface area contributed by atoms with Crippen LogP contribution in [0, 0.1) is 5.82 Å². The molecule has 2 unspecified atom stereocenters. The average molecular weight is 719 g/mol. The molecule has 0 aliphatic carbocycles. The Kier molecular flexibility index (Phi) is 11.6. The molecule has 2 aliphatic heterocycles. The van der Waals surface area contributed by atoms with Crippen LogP contribution in [0.5, 0.6) is 17.2 Å². The summed E-state index contributed by atoms with van der Waals surface area (Å²) >= 11 is 0. The maximum absolute atomic E-state index is 13.6. The molecule has 268 valence electrons. The Morgan fingerprint density at radius 2 is 1.75 bits per heavy atom. The van der Waals surface area contributed by atoms with Crippen LogP contribution >= 0.6 is 8.38 Å². The van der Waals surface area contributed by atoms with Crippen molar-refractivity contribution in [1.29, 1.82) is 0 Å². The minimum atomic E-state index is -1.47. The maximum Gasteiger partial charge on any atom is 0.415 e. The Bertz CT molecular complexity index is 1860. The number of aromatic nitrogens is 1. The fraction of sp³-hybridized carbons (Fsp3) is 0.351. The number of hydrogen-bond donors (Lipinski definition) is 1. The molecule has 1 N–H and O–H groups in total. The topological polar surface area (TPSA) is 131 Å². The summed E-state index contributed by atoms with van der Waals surface area (Å²) in [5, 5.41) is 11.6. The normalized spacial score (nSPS) is 15.8. The molecule has 0 saturated carbocycles. The first kappa shape index (κ1) is 36.0. The Balaban J connectivity index is 1.09. The fourth-order valence-corrected chi connectivity index (χ4v) is 7.54. The van der Waals surface area contributed by atoms with E-state index in [1.165, 1.54) is 18.3 Å². The van der Waals surface area contributed by atoms with Gasteiger partial charge in [0.1, 0.15) is 22.8 Å². The zero-order chi connectivity index (χ0) is 35.9. The van der Waals surface area contributed by atoms with Crippen LogP contribution in [0.15, 0.2) is 72.9 Å². The van der Waals surface area contributed by atoms with E-state index < -0.39 is 26.5 Å². The van der Waals surface area contributed by atoms with Crippen LogP contribution in [0.1, 0.15) is 35.3 Å². The van der Waals surface area contributed by atoms with Crippen molar-refractivity contribution in [2.45, 2.75) is 32.9 Å². The van der Waals surface area contributed by atoms with Gasteiger partial charge in [-0.3, -0.25) is 14.7 Å². The van der Waals surface area contributed by atoms with Gasteiger partial charge in [0, 0.05) is 62.6 Å². The highest BCUT2D eigenvalue weighted by Gasteiger charge is 2.37. The molecule has 1 saturated heterocycles. The van der Waals surface area contributed by atoms with Crippen molar-refractivity contribution in [2.24, 2.45) is 0 Å². The molecule has 1 fully saturated rings. The first-order chi connectivity index (χ1) is 24.7. The number of esters is 1. The Hall–Kier alpha value is -4.84. The summed E-state index contributed by atoms with van der Waals surface area (Å²) < 4.78 is 36.7. The molecule has 3 aromatic carbocycles. The van der Waals surface area contributed by atoms with Gasteiger partial charge in [-0.1, -0.05) is 30.3 Å². The van der Waals surface area contributed by atoms with Crippen molar-refractivity contribution in [1.82, 2.24) is 19.7 Å². The Morgan fingerprint density at radius 3 is 2.47 bits per heavy atom. The average Bonchev–Trinajstić information content (AvgIpc) is 3.48. The number of halogens is 1. The number of carbonyl (C=O) groups excluding carboxylic acids is 3. The van der Waals surface area contributed by atoms with Crippen molar-refractivity contribution in [3.63, 3.8) is 0 Å². The highest BCUT2D eigenvalue weighted by atomic mass is 31.2. The highest BCUT2D eigenvalue weighted by molar-refractivity contribution is 7.47. The number of phenolic OH excluding ortho intramolecular Hbond substituents is 1. The van der Waals surface area contributed by atoms with E-state index in [-0.39, 0.29) is 47.5 Å². The lowest BCUT2D eigenvalue weighted by Crippen LogP contribution is -2.50. The smallest absolute Gasteiger partial charge is 0.415 e. The van der Waals surface area contributed by atoms with Crippen LogP contribution in [0.25, 0.3) is 10.9 Å². The van der Waals surface area contributed by atoms with E-state index in [2.05, 4.69) is 9.88 Å². The van der Waals surface area contributed by atoms with Gasteiger partial charge >= 0.3 is 12.1 Å². The van der Waals surface area contributed by atoms with E-state index in [1.54, 1.807) is 47.9 Å². The van der Waals surface area contributed by atoms with Gasteiger partial charge in [-0.2, -0.15) is 0 Å². The third kappa shape index (κ3) is 8.56. The fourth-order valence-electron chi connectivity index (χ4n) is 6.06. The molecular formula is C37H40FN4O8P. The molecule has 12 nitrogen and oxygen atoms in total. The number of fused-ring (bicyclic) bond motifs is 2. The van der Waals surface area contributed by atoms with E-state index in [0.717, 1.165) is 5.56 Å². The van der Waals surface area contributed by atoms with E-state index in [9.17, 15) is 23.9 Å². The summed E-state index contributed by atoms with van der Waals surface area (Å²) in [7, 11) is -1.47. The van der Waals surface area contributed by atoms with Gasteiger partial charge in [-0.15, -0.1) is 0 Å². The van der Waals surface area contributed by atoms with Gasteiger partial charge in [-0.05, 0) is 62.2 Å². The van der Waals surface area contributed by atoms with Crippen LogP contribution in [0.3, 0.4) is 0 Å². The standard InChI is InChI=1S/C37H40FN4O8P/c1-3-47-36(45)25(2)49-51(50-28-8-5-4-6-9-28)23-22-40-18-20-41(21-19-40)37(46)48-34-29-10-7-16-39-32(29)33(43)31-30(34)24-42(35(31)44)17-15-26-11-13-27(38)14-12-26/h4-14,16,25,43H,3,15,17-24H2,1-2H3. The third-order valence-electron chi connectivity index (χ3n) is 8.79. The third-order valence-corrected chi connectivity index (χ3v) is 10.3. The number of rotatable bonds is 13. The number of phenols is 1. The number of hydrogen-bond acceptors (Lipinski definition) is 10. The van der Waals surface area contributed by atoms with Crippen molar-refractivity contribution < 1.29 is 42.4 Å². The summed E-state index contributed by atoms with van der Waals surface area (Å²) in [6, 6.07) is 18.8. The monoisotopic (exact) mass is 718 g/mol. The largest absolute Gasteiger partial charge is 0.505 e. The summed E-state index contributed by atoms with van der Waals surface area (Å²) in [5.74, 6) is -0.574. The van der Waals surface area contributed by atoms with Crippen molar-refractivity contribution in [3.05, 3.63) is 95.4 Å². The molecule has 2 atom stereocenters. The molecule has 1 aromatic heterocycles.